The van der Waals surface area contributed by atoms with Gasteiger partial charge in [0.15, 0.2) is 0 Å². The Morgan fingerprint density at radius 3 is 2.82 bits per heavy atom. The molecule has 3 nitrogen and oxygen atoms in total. The molecule has 2 aromatic carbocycles. The molecule has 0 aromatic heterocycles. The van der Waals surface area contributed by atoms with E-state index in [4.69, 9.17) is 4.74 Å². The van der Waals surface area contributed by atoms with Crippen molar-refractivity contribution >= 4 is 11.6 Å². The van der Waals surface area contributed by atoms with Crippen LogP contribution in [0.3, 0.4) is 0 Å². The molecule has 0 atom stereocenters. The highest BCUT2D eigenvalue weighted by Crippen LogP contribution is 2.31. The van der Waals surface area contributed by atoms with Crippen LogP contribution in [0.5, 0.6) is 5.75 Å². The first-order valence-electron chi connectivity index (χ1n) is 7.35. The van der Waals surface area contributed by atoms with Crippen LogP contribution >= 0.6 is 0 Å². The van der Waals surface area contributed by atoms with Gasteiger partial charge in [0.1, 0.15) is 11.6 Å². The number of ether oxygens (including phenoxy) is 1. The molecule has 0 unspecified atom stereocenters. The third-order valence-electron chi connectivity index (χ3n) is 3.99. The second-order valence-corrected chi connectivity index (χ2v) is 5.54. The lowest BCUT2D eigenvalue weighted by Gasteiger charge is -2.30. The second kappa shape index (κ2) is 5.79. The van der Waals surface area contributed by atoms with Crippen molar-refractivity contribution in [3.05, 3.63) is 58.9 Å². The third kappa shape index (κ3) is 2.56. The quantitative estimate of drug-likeness (QED) is 0.845. The molecule has 114 valence electrons. The van der Waals surface area contributed by atoms with Gasteiger partial charge in [-0.1, -0.05) is 17.7 Å². The molecule has 0 N–H and O–H groups in total. The largest absolute Gasteiger partial charge is 0.496 e. The fourth-order valence-corrected chi connectivity index (χ4v) is 2.93. The Hall–Kier alpha value is -2.36. The van der Waals surface area contributed by atoms with Gasteiger partial charge < -0.3 is 9.64 Å². The van der Waals surface area contributed by atoms with Crippen LogP contribution in [0.25, 0.3) is 0 Å². The Morgan fingerprint density at radius 1 is 1.23 bits per heavy atom. The number of hydrogen-bond acceptors (Lipinski definition) is 2. The summed E-state index contributed by atoms with van der Waals surface area (Å²) in [6.45, 7) is 2.67. The summed E-state index contributed by atoms with van der Waals surface area (Å²) in [5.41, 5.74) is 3.51. The van der Waals surface area contributed by atoms with Gasteiger partial charge >= 0.3 is 0 Å². The molecular formula is C18H18FNO2. The van der Waals surface area contributed by atoms with Gasteiger partial charge in [0.25, 0.3) is 5.91 Å². The van der Waals surface area contributed by atoms with Crippen molar-refractivity contribution in [1.82, 2.24) is 0 Å². The normalized spacial score (nSPS) is 13.7. The topological polar surface area (TPSA) is 29.5 Å². The molecule has 1 aliphatic rings. The standard InChI is InChI=1S/C18H18FNO2/c1-12-5-7-16-13(10-12)4-3-9-20(16)18(21)15-11-14(19)6-8-17(15)22-2/h5-8,10-11H,3-4,9H2,1-2H3. The zero-order valence-corrected chi connectivity index (χ0v) is 12.7. The van der Waals surface area contributed by atoms with Crippen molar-refractivity contribution in [2.75, 3.05) is 18.6 Å². The van der Waals surface area contributed by atoms with Gasteiger partial charge in [-0.3, -0.25) is 4.79 Å². The monoisotopic (exact) mass is 299 g/mol. The molecule has 1 amide bonds. The van der Waals surface area contributed by atoms with Crippen molar-refractivity contribution in [1.29, 1.82) is 0 Å². The fraction of sp³-hybridized carbons (Fsp3) is 0.278. The molecule has 4 heteroatoms. The van der Waals surface area contributed by atoms with Crippen molar-refractivity contribution in [2.45, 2.75) is 19.8 Å². The van der Waals surface area contributed by atoms with E-state index in [-0.39, 0.29) is 11.5 Å². The SMILES string of the molecule is COc1ccc(F)cc1C(=O)N1CCCc2cc(C)ccc21. The van der Waals surface area contributed by atoms with E-state index in [0.717, 1.165) is 24.1 Å². The summed E-state index contributed by atoms with van der Waals surface area (Å²) in [5, 5.41) is 0. The van der Waals surface area contributed by atoms with Crippen LogP contribution in [0.2, 0.25) is 0 Å². The Balaban J connectivity index is 2.03. The minimum atomic E-state index is -0.440. The second-order valence-electron chi connectivity index (χ2n) is 5.54. The van der Waals surface area contributed by atoms with Crippen molar-refractivity contribution in [3.8, 4) is 5.75 Å². The molecule has 0 spiro atoms. The van der Waals surface area contributed by atoms with Gasteiger partial charge in [0.2, 0.25) is 0 Å². The Labute approximate surface area is 129 Å². The summed E-state index contributed by atoms with van der Waals surface area (Å²) in [4.78, 5) is 14.6. The zero-order valence-electron chi connectivity index (χ0n) is 12.7. The number of anilines is 1. The zero-order chi connectivity index (χ0) is 15.7. The summed E-state index contributed by atoms with van der Waals surface area (Å²) < 4.78 is 18.7. The number of amides is 1. The van der Waals surface area contributed by atoms with E-state index in [9.17, 15) is 9.18 Å². The minimum Gasteiger partial charge on any atom is -0.496 e. The smallest absolute Gasteiger partial charge is 0.262 e. The van der Waals surface area contributed by atoms with Crippen LogP contribution < -0.4 is 9.64 Å². The molecule has 2 aromatic rings. The number of halogens is 1. The van der Waals surface area contributed by atoms with Crippen LogP contribution in [-0.2, 0) is 6.42 Å². The summed E-state index contributed by atoms with van der Waals surface area (Å²) >= 11 is 0. The van der Waals surface area contributed by atoms with Gasteiger partial charge in [0, 0.05) is 12.2 Å². The molecule has 1 aliphatic heterocycles. The first-order valence-corrected chi connectivity index (χ1v) is 7.35. The highest BCUT2D eigenvalue weighted by atomic mass is 19.1. The van der Waals surface area contributed by atoms with Crippen molar-refractivity contribution < 1.29 is 13.9 Å². The third-order valence-corrected chi connectivity index (χ3v) is 3.99. The van der Waals surface area contributed by atoms with Crippen LogP contribution in [-0.4, -0.2) is 19.6 Å². The fourth-order valence-electron chi connectivity index (χ4n) is 2.93. The van der Waals surface area contributed by atoms with Crippen molar-refractivity contribution in [2.24, 2.45) is 0 Å². The predicted molar refractivity (Wildman–Crippen MR) is 84.1 cm³/mol. The van der Waals surface area contributed by atoms with E-state index in [1.165, 1.54) is 30.9 Å². The van der Waals surface area contributed by atoms with Gasteiger partial charge in [0.05, 0.1) is 12.7 Å². The lowest BCUT2D eigenvalue weighted by Crippen LogP contribution is -2.35. The molecule has 22 heavy (non-hydrogen) atoms. The van der Waals surface area contributed by atoms with Gasteiger partial charge in [-0.2, -0.15) is 0 Å². The molecule has 0 saturated carbocycles. The number of hydrogen-bond donors (Lipinski definition) is 0. The number of rotatable bonds is 2. The number of nitrogens with zero attached hydrogens (tertiary/aromatic N) is 1. The number of aryl methyl sites for hydroxylation is 2. The van der Waals surface area contributed by atoms with E-state index < -0.39 is 5.82 Å². The molecule has 0 aliphatic carbocycles. The molecule has 0 fully saturated rings. The molecule has 1 heterocycles. The van der Waals surface area contributed by atoms with Crippen LogP contribution in [0, 0.1) is 12.7 Å². The van der Waals surface area contributed by atoms with E-state index in [1.54, 1.807) is 4.90 Å². The number of carbonyl (C=O) groups excluding carboxylic acids is 1. The average molecular weight is 299 g/mol. The van der Waals surface area contributed by atoms with Crippen LogP contribution in [0.1, 0.15) is 27.9 Å². The summed E-state index contributed by atoms with van der Waals surface area (Å²) in [7, 11) is 1.48. The van der Waals surface area contributed by atoms with E-state index in [1.807, 2.05) is 19.1 Å². The number of carbonyl (C=O) groups is 1. The van der Waals surface area contributed by atoms with E-state index in [0.29, 0.717) is 12.3 Å². The first-order chi connectivity index (χ1) is 10.6. The van der Waals surface area contributed by atoms with Gasteiger partial charge in [-0.15, -0.1) is 0 Å². The molecular weight excluding hydrogens is 281 g/mol. The van der Waals surface area contributed by atoms with Crippen molar-refractivity contribution in [3.63, 3.8) is 0 Å². The maximum atomic E-state index is 13.5. The first kappa shape index (κ1) is 14.6. The summed E-state index contributed by atoms with van der Waals surface area (Å²) in [5.74, 6) is -0.267. The molecule has 0 bridgehead atoms. The molecule has 3 rings (SSSR count). The predicted octanol–water partition coefficient (Wildman–Crippen LogP) is 3.74. The summed E-state index contributed by atoms with van der Waals surface area (Å²) in [6.07, 6.45) is 1.86. The Morgan fingerprint density at radius 2 is 2.05 bits per heavy atom. The Kier molecular flexibility index (Phi) is 3.84. The Bertz CT molecular complexity index is 727. The average Bonchev–Trinajstić information content (AvgIpc) is 2.53. The van der Waals surface area contributed by atoms with Crippen LogP contribution in [0.15, 0.2) is 36.4 Å². The highest BCUT2D eigenvalue weighted by molar-refractivity contribution is 6.08. The van der Waals surface area contributed by atoms with Gasteiger partial charge in [-0.05, 0) is 49.6 Å². The number of benzene rings is 2. The molecule has 0 saturated heterocycles. The highest BCUT2D eigenvalue weighted by Gasteiger charge is 2.26. The maximum Gasteiger partial charge on any atom is 0.262 e. The number of methoxy groups -OCH3 is 1. The van der Waals surface area contributed by atoms with Gasteiger partial charge in [-0.25, -0.2) is 4.39 Å². The lowest BCUT2D eigenvalue weighted by molar-refractivity contribution is 0.0981. The minimum absolute atomic E-state index is 0.221. The summed E-state index contributed by atoms with van der Waals surface area (Å²) in [6, 6.07) is 10.1. The molecule has 0 radical (unpaired) electrons. The lowest BCUT2D eigenvalue weighted by atomic mass is 9.98. The maximum absolute atomic E-state index is 13.5. The number of fused-ring (bicyclic) bond motifs is 1. The van der Waals surface area contributed by atoms with Crippen LogP contribution in [0.4, 0.5) is 10.1 Å². The van der Waals surface area contributed by atoms with E-state index >= 15 is 0 Å². The van der Waals surface area contributed by atoms with E-state index in [2.05, 4.69) is 6.07 Å².